The summed E-state index contributed by atoms with van der Waals surface area (Å²) in [7, 11) is -2.98. The van der Waals surface area contributed by atoms with Gasteiger partial charge in [-0.25, -0.2) is 8.42 Å². The first-order chi connectivity index (χ1) is 7.99. The lowest BCUT2D eigenvalue weighted by Gasteiger charge is -2.01. The van der Waals surface area contributed by atoms with Crippen molar-refractivity contribution in [3.8, 4) is 0 Å². The molecule has 0 amide bonds. The second-order valence-electron chi connectivity index (χ2n) is 4.81. The van der Waals surface area contributed by atoms with Crippen LogP contribution in [-0.4, -0.2) is 26.5 Å². The highest BCUT2D eigenvalue weighted by Crippen LogP contribution is 2.51. The van der Waals surface area contributed by atoms with Crippen LogP contribution in [0.15, 0.2) is 24.3 Å². The minimum absolute atomic E-state index is 0.0949. The third kappa shape index (κ3) is 2.38. The molecule has 0 aliphatic heterocycles. The molecule has 1 aliphatic carbocycles. The summed E-state index contributed by atoms with van der Waals surface area (Å²) >= 11 is 0. The summed E-state index contributed by atoms with van der Waals surface area (Å²) in [6.07, 6.45) is 2.31. The maximum absolute atomic E-state index is 11.6. The molecule has 0 radical (unpaired) electrons. The van der Waals surface area contributed by atoms with Crippen molar-refractivity contribution >= 4 is 9.84 Å². The Morgan fingerprint density at radius 2 is 1.82 bits per heavy atom. The van der Waals surface area contributed by atoms with Crippen molar-refractivity contribution in [3.63, 3.8) is 0 Å². The lowest BCUT2D eigenvalue weighted by atomic mass is 10.1. The molecule has 1 fully saturated rings. The van der Waals surface area contributed by atoms with Gasteiger partial charge in [0, 0.05) is 12.2 Å². The molecule has 4 heteroatoms. The van der Waals surface area contributed by atoms with Gasteiger partial charge in [-0.2, -0.15) is 0 Å². The molecule has 1 aliphatic rings. The summed E-state index contributed by atoms with van der Waals surface area (Å²) in [5.74, 6) is 0.193. The van der Waals surface area contributed by atoms with E-state index in [2.05, 4.69) is 19.1 Å². The van der Waals surface area contributed by atoms with Gasteiger partial charge in [0.2, 0.25) is 0 Å². The van der Waals surface area contributed by atoms with Crippen LogP contribution in [0.25, 0.3) is 0 Å². The summed E-state index contributed by atoms with van der Waals surface area (Å²) in [6.45, 7) is 2.55. The first-order valence-electron chi connectivity index (χ1n) is 5.96. The number of sulfone groups is 1. The Morgan fingerprint density at radius 1 is 1.24 bits per heavy atom. The van der Waals surface area contributed by atoms with Crippen LogP contribution in [0, 0.1) is 5.92 Å². The number of nitrogens with two attached hydrogens (primary N) is 1. The van der Waals surface area contributed by atoms with E-state index in [0.29, 0.717) is 6.54 Å². The number of hydrogen-bond acceptors (Lipinski definition) is 3. The minimum atomic E-state index is -2.98. The van der Waals surface area contributed by atoms with Crippen LogP contribution in [0.3, 0.4) is 0 Å². The summed E-state index contributed by atoms with van der Waals surface area (Å²) in [5, 5.41) is -0.278. The molecule has 17 heavy (non-hydrogen) atoms. The molecule has 0 aromatic heterocycles. The second-order valence-corrected chi connectivity index (χ2v) is 7.02. The Kier molecular flexibility index (Phi) is 3.27. The van der Waals surface area contributed by atoms with Crippen LogP contribution < -0.4 is 5.73 Å². The van der Waals surface area contributed by atoms with Crippen LogP contribution in [0.4, 0.5) is 0 Å². The first-order valence-corrected chi connectivity index (χ1v) is 7.92. The van der Waals surface area contributed by atoms with E-state index in [1.54, 1.807) is 0 Å². The van der Waals surface area contributed by atoms with Gasteiger partial charge in [-0.15, -0.1) is 0 Å². The van der Waals surface area contributed by atoms with Crippen molar-refractivity contribution < 1.29 is 8.42 Å². The Balaban J connectivity index is 2.23. The van der Waals surface area contributed by atoms with Gasteiger partial charge in [0.25, 0.3) is 0 Å². The molecular formula is C13H19NO2S. The Bertz CT molecular complexity index is 493. The number of hydrogen-bond donors (Lipinski definition) is 1. The fourth-order valence-corrected chi connectivity index (χ4v) is 4.34. The molecule has 0 bridgehead atoms. The summed E-state index contributed by atoms with van der Waals surface area (Å²) in [6, 6.07) is 8.22. The maximum atomic E-state index is 11.6. The van der Waals surface area contributed by atoms with E-state index in [1.165, 1.54) is 11.8 Å². The van der Waals surface area contributed by atoms with Gasteiger partial charge in [0.15, 0.2) is 9.84 Å². The minimum Gasteiger partial charge on any atom is -0.330 e. The van der Waals surface area contributed by atoms with E-state index in [-0.39, 0.29) is 17.1 Å². The molecule has 1 saturated carbocycles. The SMILES string of the molecule is CCc1ccc([C@@H]2[C@H](CN)[C@H]2S(C)(=O)=O)cc1. The van der Waals surface area contributed by atoms with Gasteiger partial charge in [-0.3, -0.25) is 0 Å². The molecule has 1 aromatic carbocycles. The van der Waals surface area contributed by atoms with Crippen molar-refractivity contribution in [2.75, 3.05) is 12.8 Å². The van der Waals surface area contributed by atoms with E-state index in [4.69, 9.17) is 5.73 Å². The van der Waals surface area contributed by atoms with Gasteiger partial charge >= 0.3 is 0 Å². The zero-order valence-electron chi connectivity index (χ0n) is 10.3. The lowest BCUT2D eigenvalue weighted by Crippen LogP contribution is -2.11. The molecular weight excluding hydrogens is 234 g/mol. The largest absolute Gasteiger partial charge is 0.330 e. The third-order valence-electron chi connectivity index (χ3n) is 3.64. The van der Waals surface area contributed by atoms with E-state index >= 15 is 0 Å². The predicted octanol–water partition coefficient (Wildman–Crippen LogP) is 1.33. The highest BCUT2D eigenvalue weighted by atomic mass is 32.2. The number of benzene rings is 1. The fraction of sp³-hybridized carbons (Fsp3) is 0.538. The molecule has 94 valence electrons. The average molecular weight is 253 g/mol. The van der Waals surface area contributed by atoms with E-state index in [9.17, 15) is 8.42 Å². The Labute approximate surface area is 103 Å². The number of rotatable bonds is 4. The molecule has 0 unspecified atom stereocenters. The third-order valence-corrected chi connectivity index (χ3v) is 5.27. The average Bonchev–Trinajstić information content (AvgIpc) is 3.03. The van der Waals surface area contributed by atoms with E-state index in [1.807, 2.05) is 12.1 Å². The molecule has 0 heterocycles. The van der Waals surface area contributed by atoms with E-state index < -0.39 is 9.84 Å². The zero-order valence-corrected chi connectivity index (χ0v) is 11.1. The quantitative estimate of drug-likeness (QED) is 0.880. The van der Waals surface area contributed by atoms with Gasteiger partial charge in [0.05, 0.1) is 5.25 Å². The Hall–Kier alpha value is -0.870. The maximum Gasteiger partial charge on any atom is 0.151 e. The summed E-state index contributed by atoms with van der Waals surface area (Å²) in [4.78, 5) is 0. The highest BCUT2D eigenvalue weighted by molar-refractivity contribution is 7.91. The van der Waals surface area contributed by atoms with Gasteiger partial charge in [0.1, 0.15) is 0 Å². The lowest BCUT2D eigenvalue weighted by molar-refractivity contribution is 0.597. The van der Waals surface area contributed by atoms with Crippen molar-refractivity contribution in [3.05, 3.63) is 35.4 Å². The van der Waals surface area contributed by atoms with Crippen molar-refractivity contribution in [2.45, 2.75) is 24.5 Å². The van der Waals surface area contributed by atoms with Gasteiger partial charge in [-0.1, -0.05) is 31.2 Å². The second kappa shape index (κ2) is 4.42. The molecule has 0 spiro atoms. The monoisotopic (exact) mass is 253 g/mol. The van der Waals surface area contributed by atoms with Crippen LogP contribution in [0.1, 0.15) is 24.0 Å². The predicted molar refractivity (Wildman–Crippen MR) is 69.7 cm³/mol. The van der Waals surface area contributed by atoms with Gasteiger partial charge in [-0.05, 0) is 30.0 Å². The topological polar surface area (TPSA) is 60.2 Å². The summed E-state index contributed by atoms with van der Waals surface area (Å²) in [5.41, 5.74) is 8.02. The van der Waals surface area contributed by atoms with Crippen molar-refractivity contribution in [2.24, 2.45) is 11.7 Å². The van der Waals surface area contributed by atoms with Crippen LogP contribution in [-0.2, 0) is 16.3 Å². The molecule has 0 saturated heterocycles. The van der Waals surface area contributed by atoms with Crippen molar-refractivity contribution in [1.82, 2.24) is 0 Å². The van der Waals surface area contributed by atoms with Gasteiger partial charge < -0.3 is 5.73 Å². The van der Waals surface area contributed by atoms with Crippen LogP contribution >= 0.6 is 0 Å². The molecule has 2 N–H and O–H groups in total. The molecule has 3 nitrogen and oxygen atoms in total. The Morgan fingerprint density at radius 3 is 2.18 bits per heavy atom. The first kappa shape index (κ1) is 12.6. The van der Waals surface area contributed by atoms with Crippen LogP contribution in [0.2, 0.25) is 0 Å². The fourth-order valence-electron chi connectivity index (χ4n) is 2.62. The molecule has 2 rings (SSSR count). The highest BCUT2D eigenvalue weighted by Gasteiger charge is 2.55. The standard InChI is InChI=1S/C13H19NO2S/c1-3-9-4-6-10(7-5-9)12-11(8-14)13(12)17(2,15)16/h4-7,11-13H,3,8,14H2,1-2H3/t11-,12+,13+/m0/s1. The smallest absolute Gasteiger partial charge is 0.151 e. The summed E-state index contributed by atoms with van der Waals surface area (Å²) < 4.78 is 23.2. The van der Waals surface area contributed by atoms with Crippen LogP contribution in [0.5, 0.6) is 0 Å². The molecule has 3 atom stereocenters. The zero-order chi connectivity index (χ0) is 12.6. The number of aryl methyl sites for hydroxylation is 1. The van der Waals surface area contributed by atoms with E-state index in [0.717, 1.165) is 12.0 Å². The molecule has 1 aromatic rings. The van der Waals surface area contributed by atoms with Crippen molar-refractivity contribution in [1.29, 1.82) is 0 Å². The normalized spacial score (nSPS) is 28.1.